The van der Waals surface area contributed by atoms with E-state index in [0.29, 0.717) is 15.8 Å². The molecular formula is C21H15N2O3S-. The summed E-state index contributed by atoms with van der Waals surface area (Å²) in [5.74, 6) is -1.24. The molecule has 2 heterocycles. The molecule has 0 amide bonds. The Bertz CT molecular complexity index is 1210. The molecule has 134 valence electrons. The van der Waals surface area contributed by atoms with Crippen LogP contribution in [0.5, 0.6) is 0 Å². The number of nitrogens with zero attached hydrogens (tertiary/aromatic N) is 2. The monoisotopic (exact) mass is 375 g/mol. The first kappa shape index (κ1) is 17.2. The van der Waals surface area contributed by atoms with Crippen molar-refractivity contribution in [2.45, 2.75) is 13.5 Å². The lowest BCUT2D eigenvalue weighted by molar-refractivity contribution is -0.255. The predicted octanol–water partition coefficient (Wildman–Crippen LogP) is 2.85. The molecular weight excluding hydrogens is 360 g/mol. The molecule has 4 aromatic rings. The predicted molar refractivity (Wildman–Crippen MR) is 104 cm³/mol. The van der Waals surface area contributed by atoms with Gasteiger partial charge in [0, 0.05) is 10.9 Å². The molecule has 0 N–H and O–H groups in total. The zero-order valence-corrected chi connectivity index (χ0v) is 15.3. The van der Waals surface area contributed by atoms with Crippen LogP contribution >= 0.6 is 11.3 Å². The number of rotatable bonds is 4. The summed E-state index contributed by atoms with van der Waals surface area (Å²) in [6.45, 7) is 2.26. The molecule has 4 rings (SSSR count). The Balaban J connectivity index is 1.79. The van der Waals surface area contributed by atoms with Crippen LogP contribution in [-0.2, 0) is 6.54 Å². The van der Waals surface area contributed by atoms with E-state index in [9.17, 15) is 14.7 Å². The van der Waals surface area contributed by atoms with E-state index in [1.165, 1.54) is 34.4 Å². The minimum absolute atomic E-state index is 0.0884. The van der Waals surface area contributed by atoms with Crippen LogP contribution in [0.15, 0.2) is 65.0 Å². The maximum absolute atomic E-state index is 13.1. The van der Waals surface area contributed by atoms with Gasteiger partial charge in [-0.3, -0.25) is 9.36 Å². The second-order valence-corrected chi connectivity index (χ2v) is 7.22. The van der Waals surface area contributed by atoms with Crippen LogP contribution in [0, 0.1) is 6.92 Å². The zero-order chi connectivity index (χ0) is 19.0. The SMILES string of the molecule is Cc1ccc(-c2csc3ncn(Cc4cccc(C(=O)[O-])c4)c(=O)c23)cc1. The fraction of sp³-hybridized carbons (Fsp3) is 0.0952. The van der Waals surface area contributed by atoms with Crippen molar-refractivity contribution in [2.24, 2.45) is 0 Å². The van der Waals surface area contributed by atoms with Crippen LogP contribution in [-0.4, -0.2) is 15.5 Å². The van der Waals surface area contributed by atoms with Gasteiger partial charge in [-0.15, -0.1) is 11.3 Å². The van der Waals surface area contributed by atoms with E-state index in [-0.39, 0.29) is 17.7 Å². The highest BCUT2D eigenvalue weighted by Gasteiger charge is 2.13. The van der Waals surface area contributed by atoms with E-state index >= 15 is 0 Å². The van der Waals surface area contributed by atoms with Gasteiger partial charge in [0.1, 0.15) is 4.83 Å². The molecule has 0 aliphatic rings. The van der Waals surface area contributed by atoms with Crippen molar-refractivity contribution in [2.75, 3.05) is 0 Å². The molecule has 0 saturated carbocycles. The van der Waals surface area contributed by atoms with Crippen molar-refractivity contribution >= 4 is 27.5 Å². The zero-order valence-electron chi connectivity index (χ0n) is 14.5. The van der Waals surface area contributed by atoms with E-state index in [1.807, 2.05) is 36.6 Å². The lowest BCUT2D eigenvalue weighted by Gasteiger charge is -2.09. The third-order valence-corrected chi connectivity index (χ3v) is 5.33. The van der Waals surface area contributed by atoms with E-state index in [4.69, 9.17) is 0 Å². The number of hydrogen-bond donors (Lipinski definition) is 0. The third-order valence-electron chi connectivity index (χ3n) is 4.44. The summed E-state index contributed by atoms with van der Waals surface area (Å²) in [6, 6.07) is 14.4. The van der Waals surface area contributed by atoms with Crippen molar-refractivity contribution in [1.82, 2.24) is 9.55 Å². The topological polar surface area (TPSA) is 75.0 Å². The van der Waals surface area contributed by atoms with Gasteiger partial charge < -0.3 is 9.90 Å². The number of hydrogen-bond acceptors (Lipinski definition) is 5. The van der Waals surface area contributed by atoms with Gasteiger partial charge in [0.25, 0.3) is 5.56 Å². The lowest BCUT2D eigenvalue weighted by Crippen LogP contribution is -2.23. The number of benzene rings is 2. The quantitative estimate of drug-likeness (QED) is 0.550. The van der Waals surface area contributed by atoms with Crippen LogP contribution in [0.1, 0.15) is 21.5 Å². The smallest absolute Gasteiger partial charge is 0.263 e. The van der Waals surface area contributed by atoms with E-state index in [2.05, 4.69) is 4.98 Å². The number of aryl methyl sites for hydroxylation is 1. The highest BCUT2D eigenvalue weighted by atomic mass is 32.1. The number of carboxylic acids is 1. The van der Waals surface area contributed by atoms with Crippen molar-refractivity contribution in [3.8, 4) is 11.1 Å². The largest absolute Gasteiger partial charge is 0.545 e. The molecule has 0 aliphatic heterocycles. The molecule has 0 unspecified atom stereocenters. The van der Waals surface area contributed by atoms with Gasteiger partial charge in [-0.1, -0.05) is 48.0 Å². The van der Waals surface area contributed by atoms with Gasteiger partial charge >= 0.3 is 0 Å². The summed E-state index contributed by atoms with van der Waals surface area (Å²) < 4.78 is 1.50. The summed E-state index contributed by atoms with van der Waals surface area (Å²) >= 11 is 1.44. The number of fused-ring (bicyclic) bond motifs is 1. The Morgan fingerprint density at radius 2 is 1.96 bits per heavy atom. The number of thiophene rings is 1. The molecule has 0 fully saturated rings. The van der Waals surface area contributed by atoms with Crippen LogP contribution in [0.25, 0.3) is 21.3 Å². The molecule has 5 nitrogen and oxygen atoms in total. The fourth-order valence-corrected chi connectivity index (χ4v) is 3.93. The molecule has 0 spiro atoms. The van der Waals surface area contributed by atoms with Gasteiger partial charge in [0.15, 0.2) is 0 Å². The normalized spacial score (nSPS) is 11.0. The minimum Gasteiger partial charge on any atom is -0.545 e. The molecule has 2 aromatic carbocycles. The van der Waals surface area contributed by atoms with E-state index in [0.717, 1.165) is 16.7 Å². The first-order valence-corrected chi connectivity index (χ1v) is 9.25. The summed E-state index contributed by atoms with van der Waals surface area (Å²) in [7, 11) is 0. The van der Waals surface area contributed by atoms with Gasteiger partial charge in [-0.05, 0) is 29.7 Å². The molecule has 0 atom stereocenters. The molecule has 0 aliphatic carbocycles. The first-order valence-electron chi connectivity index (χ1n) is 8.37. The summed E-state index contributed by atoms with van der Waals surface area (Å²) in [5.41, 5.74) is 3.64. The van der Waals surface area contributed by atoms with Crippen molar-refractivity contribution < 1.29 is 9.90 Å². The second kappa shape index (κ2) is 6.81. The molecule has 6 heteroatoms. The number of aromatic nitrogens is 2. The maximum Gasteiger partial charge on any atom is 0.263 e. The van der Waals surface area contributed by atoms with Crippen LogP contribution in [0.2, 0.25) is 0 Å². The van der Waals surface area contributed by atoms with Crippen molar-refractivity contribution in [1.29, 1.82) is 0 Å². The highest BCUT2D eigenvalue weighted by Crippen LogP contribution is 2.30. The summed E-state index contributed by atoms with van der Waals surface area (Å²) in [5, 5.41) is 13.6. The number of carbonyl (C=O) groups excluding carboxylic acids is 1. The van der Waals surface area contributed by atoms with Gasteiger partial charge in [0.2, 0.25) is 0 Å². The molecule has 0 radical (unpaired) electrons. The first-order chi connectivity index (χ1) is 13.0. The highest BCUT2D eigenvalue weighted by molar-refractivity contribution is 7.17. The van der Waals surface area contributed by atoms with Crippen LogP contribution in [0.4, 0.5) is 0 Å². The Morgan fingerprint density at radius 3 is 2.70 bits per heavy atom. The van der Waals surface area contributed by atoms with E-state index in [1.54, 1.807) is 12.1 Å². The molecule has 0 bridgehead atoms. The van der Waals surface area contributed by atoms with Gasteiger partial charge in [-0.25, -0.2) is 4.98 Å². The maximum atomic E-state index is 13.1. The van der Waals surface area contributed by atoms with Crippen LogP contribution in [0.3, 0.4) is 0 Å². The van der Waals surface area contributed by atoms with E-state index < -0.39 is 5.97 Å². The Morgan fingerprint density at radius 1 is 1.19 bits per heavy atom. The molecule has 0 saturated heterocycles. The second-order valence-electron chi connectivity index (χ2n) is 6.36. The summed E-state index contributed by atoms with van der Waals surface area (Å²) in [6.07, 6.45) is 1.51. The minimum atomic E-state index is -1.24. The molecule has 27 heavy (non-hydrogen) atoms. The van der Waals surface area contributed by atoms with Crippen molar-refractivity contribution in [3.63, 3.8) is 0 Å². The Labute approximate surface area is 159 Å². The van der Waals surface area contributed by atoms with Gasteiger partial charge in [-0.2, -0.15) is 0 Å². The van der Waals surface area contributed by atoms with Crippen LogP contribution < -0.4 is 10.7 Å². The number of aromatic carboxylic acids is 1. The Hall–Kier alpha value is -3.25. The number of carboxylic acid groups (broad SMARTS) is 1. The molecule has 2 aromatic heterocycles. The average molecular weight is 375 g/mol. The average Bonchev–Trinajstić information content (AvgIpc) is 3.10. The lowest BCUT2D eigenvalue weighted by atomic mass is 10.0. The standard InChI is InChI=1S/C21H16N2O3S/c1-13-5-7-15(8-6-13)17-11-27-19-18(17)20(24)23(12-22-19)10-14-3-2-4-16(9-14)21(25)26/h2-9,11-12H,10H2,1H3,(H,25,26)/p-1. The fourth-order valence-electron chi connectivity index (χ4n) is 3.02. The number of carbonyl (C=O) groups is 1. The summed E-state index contributed by atoms with van der Waals surface area (Å²) in [4.78, 5) is 29.2. The van der Waals surface area contributed by atoms with Gasteiger partial charge in [0.05, 0.1) is 24.2 Å². The third kappa shape index (κ3) is 3.27. The van der Waals surface area contributed by atoms with Crippen molar-refractivity contribution in [3.05, 3.63) is 87.3 Å². The Kier molecular flexibility index (Phi) is 4.33.